The third kappa shape index (κ3) is 3.31. The van der Waals surface area contributed by atoms with E-state index in [1.165, 1.54) is 6.42 Å². The van der Waals surface area contributed by atoms with Gasteiger partial charge in [-0.05, 0) is 6.42 Å². The molecule has 1 aliphatic rings. The lowest BCUT2D eigenvalue weighted by molar-refractivity contribution is 0.272. The predicted molar refractivity (Wildman–Crippen MR) is 54.5 cm³/mol. The molecule has 2 heteroatoms. The van der Waals surface area contributed by atoms with Crippen LogP contribution in [0.15, 0.2) is 24.3 Å². The van der Waals surface area contributed by atoms with E-state index >= 15 is 0 Å². The lowest BCUT2D eigenvalue weighted by Crippen LogP contribution is -2.30. The molecule has 0 N–H and O–H groups in total. The number of hydrogen-bond donors (Lipinski definition) is 0. The summed E-state index contributed by atoms with van der Waals surface area (Å²) in [6.45, 7) is 3.35. The van der Waals surface area contributed by atoms with Gasteiger partial charge in [-0.25, -0.2) is 4.39 Å². The largest absolute Gasteiger partial charge is 0.287 e. The van der Waals surface area contributed by atoms with Crippen molar-refractivity contribution in [2.75, 3.05) is 19.8 Å². The highest BCUT2D eigenvalue weighted by molar-refractivity contribution is 5.13. The van der Waals surface area contributed by atoms with E-state index in [2.05, 4.69) is 36.1 Å². The average molecular weight is 183 g/mol. The van der Waals surface area contributed by atoms with Crippen molar-refractivity contribution in [2.24, 2.45) is 0 Å². The Morgan fingerprint density at radius 3 is 3.15 bits per heavy atom. The van der Waals surface area contributed by atoms with Crippen molar-refractivity contribution in [3.8, 4) is 0 Å². The van der Waals surface area contributed by atoms with Crippen molar-refractivity contribution in [1.29, 1.82) is 0 Å². The smallest absolute Gasteiger partial charge is 0.102 e. The van der Waals surface area contributed by atoms with Crippen molar-refractivity contribution < 1.29 is 4.39 Å². The summed E-state index contributed by atoms with van der Waals surface area (Å²) in [7, 11) is 0. The molecule has 1 aliphatic heterocycles. The van der Waals surface area contributed by atoms with Gasteiger partial charge < -0.3 is 0 Å². The fourth-order valence-corrected chi connectivity index (χ4v) is 1.52. The van der Waals surface area contributed by atoms with E-state index in [0.717, 1.165) is 13.0 Å². The van der Waals surface area contributed by atoms with E-state index in [9.17, 15) is 4.39 Å². The Morgan fingerprint density at radius 2 is 2.46 bits per heavy atom. The van der Waals surface area contributed by atoms with Gasteiger partial charge in [0.2, 0.25) is 0 Å². The topological polar surface area (TPSA) is 3.24 Å². The molecule has 1 nitrogen and oxygen atoms in total. The molecule has 0 aromatic rings. The quantitative estimate of drug-likeness (QED) is 0.592. The van der Waals surface area contributed by atoms with Crippen LogP contribution in [0.5, 0.6) is 0 Å². The highest BCUT2D eigenvalue weighted by Gasteiger charge is 2.15. The van der Waals surface area contributed by atoms with Crippen molar-refractivity contribution >= 4 is 0 Å². The molecule has 13 heavy (non-hydrogen) atoms. The molecule has 1 rings (SSSR count). The van der Waals surface area contributed by atoms with Gasteiger partial charge in [0.15, 0.2) is 0 Å². The molecule has 0 spiro atoms. The fourth-order valence-electron chi connectivity index (χ4n) is 1.52. The summed E-state index contributed by atoms with van der Waals surface area (Å²) in [5.74, 6) is 0. The fraction of sp³-hybridized carbons (Fsp3) is 0.636. The molecule has 1 atom stereocenters. The van der Waals surface area contributed by atoms with Crippen LogP contribution in [-0.2, 0) is 0 Å². The number of hydrogen-bond acceptors (Lipinski definition) is 1. The third-order valence-corrected chi connectivity index (χ3v) is 2.26. The first-order valence-corrected chi connectivity index (χ1v) is 5.01. The number of alkyl halides is 1. The molecule has 0 bridgehead atoms. The molecule has 0 saturated heterocycles. The zero-order chi connectivity index (χ0) is 9.52. The van der Waals surface area contributed by atoms with Crippen LogP contribution in [0.25, 0.3) is 0 Å². The Labute approximate surface area is 79.9 Å². The minimum Gasteiger partial charge on any atom is -0.287 e. The first-order chi connectivity index (χ1) is 6.38. The lowest BCUT2D eigenvalue weighted by atomic mass is 10.2. The van der Waals surface area contributed by atoms with E-state index in [-0.39, 0.29) is 6.67 Å². The molecule has 0 amide bonds. The van der Waals surface area contributed by atoms with Crippen LogP contribution in [0.4, 0.5) is 4.39 Å². The zero-order valence-corrected chi connectivity index (χ0v) is 8.25. The summed E-state index contributed by atoms with van der Waals surface area (Å²) in [4.78, 5) is 2.13. The Kier molecular flexibility index (Phi) is 4.76. The Balaban J connectivity index is 2.34. The minimum atomic E-state index is -0.250. The van der Waals surface area contributed by atoms with Crippen molar-refractivity contribution in [1.82, 2.24) is 4.90 Å². The normalized spacial score (nSPS) is 23.4. The van der Waals surface area contributed by atoms with Gasteiger partial charge in [-0.1, -0.05) is 37.6 Å². The van der Waals surface area contributed by atoms with Gasteiger partial charge in [0, 0.05) is 19.1 Å². The maximum absolute atomic E-state index is 12.1. The number of rotatable bonds is 5. The third-order valence-electron chi connectivity index (χ3n) is 2.26. The summed E-state index contributed by atoms with van der Waals surface area (Å²) < 4.78 is 12.1. The molecule has 0 aliphatic carbocycles. The molecule has 0 aromatic carbocycles. The van der Waals surface area contributed by atoms with Crippen molar-refractivity contribution in [3.05, 3.63) is 24.3 Å². The van der Waals surface area contributed by atoms with Crippen LogP contribution >= 0.6 is 0 Å². The summed E-state index contributed by atoms with van der Waals surface area (Å²) in [6.07, 6.45) is 10.9. The van der Waals surface area contributed by atoms with Gasteiger partial charge in [-0.3, -0.25) is 4.90 Å². The molecule has 0 saturated carbocycles. The van der Waals surface area contributed by atoms with Crippen LogP contribution in [-0.4, -0.2) is 30.7 Å². The second kappa shape index (κ2) is 5.92. The Bertz CT molecular complexity index is 187. The van der Waals surface area contributed by atoms with Crippen LogP contribution in [0, 0.1) is 0 Å². The molecule has 1 unspecified atom stereocenters. The summed E-state index contributed by atoms with van der Waals surface area (Å²) >= 11 is 0. The first-order valence-electron chi connectivity index (χ1n) is 5.01. The average Bonchev–Trinajstić information content (AvgIpc) is 2.54. The second-order valence-corrected chi connectivity index (χ2v) is 3.32. The molecule has 0 fully saturated rings. The van der Waals surface area contributed by atoms with Crippen LogP contribution < -0.4 is 0 Å². The SMILES string of the molecule is CCC/C=C/C1C=CCN1CCF. The second-order valence-electron chi connectivity index (χ2n) is 3.32. The van der Waals surface area contributed by atoms with E-state index < -0.39 is 0 Å². The molecule has 0 aromatic heterocycles. The summed E-state index contributed by atoms with van der Waals surface area (Å²) in [5.41, 5.74) is 0. The van der Waals surface area contributed by atoms with Gasteiger partial charge in [-0.15, -0.1) is 0 Å². The van der Waals surface area contributed by atoms with Crippen LogP contribution in [0.1, 0.15) is 19.8 Å². The zero-order valence-electron chi connectivity index (χ0n) is 8.25. The number of halogens is 1. The van der Waals surface area contributed by atoms with Gasteiger partial charge in [-0.2, -0.15) is 0 Å². The molecule has 74 valence electrons. The standard InChI is InChI=1S/C11H18FN/c1-2-3-4-6-11-7-5-9-13(11)10-8-12/h4-7,11H,2-3,8-10H2,1H3/b6-4+. The molecular weight excluding hydrogens is 165 g/mol. The van der Waals surface area contributed by atoms with Crippen molar-refractivity contribution in [2.45, 2.75) is 25.8 Å². The molecule has 1 heterocycles. The number of nitrogens with zero attached hydrogens (tertiary/aromatic N) is 1. The monoisotopic (exact) mass is 183 g/mol. The van der Waals surface area contributed by atoms with E-state index in [4.69, 9.17) is 0 Å². The number of allylic oxidation sites excluding steroid dienone is 1. The minimum absolute atomic E-state index is 0.250. The summed E-state index contributed by atoms with van der Waals surface area (Å²) in [6, 6.07) is 0.335. The van der Waals surface area contributed by atoms with Gasteiger partial charge >= 0.3 is 0 Å². The van der Waals surface area contributed by atoms with Crippen molar-refractivity contribution in [3.63, 3.8) is 0 Å². The lowest BCUT2D eigenvalue weighted by Gasteiger charge is -2.19. The predicted octanol–water partition coefficient (Wildman–Crippen LogP) is 2.55. The summed E-state index contributed by atoms with van der Waals surface area (Å²) in [5, 5.41) is 0. The van der Waals surface area contributed by atoms with E-state index in [1.807, 2.05) is 0 Å². The van der Waals surface area contributed by atoms with Crippen LogP contribution in [0.3, 0.4) is 0 Å². The van der Waals surface area contributed by atoms with E-state index in [0.29, 0.717) is 12.6 Å². The van der Waals surface area contributed by atoms with Gasteiger partial charge in [0.1, 0.15) is 6.67 Å². The highest BCUT2D eigenvalue weighted by atomic mass is 19.1. The maximum Gasteiger partial charge on any atom is 0.102 e. The highest BCUT2D eigenvalue weighted by Crippen LogP contribution is 2.10. The first kappa shape index (κ1) is 10.5. The molecule has 0 radical (unpaired) electrons. The molecular formula is C11H18FN. The van der Waals surface area contributed by atoms with Gasteiger partial charge in [0.05, 0.1) is 0 Å². The Hall–Kier alpha value is -0.630. The van der Waals surface area contributed by atoms with Crippen LogP contribution in [0.2, 0.25) is 0 Å². The van der Waals surface area contributed by atoms with E-state index in [1.54, 1.807) is 0 Å². The maximum atomic E-state index is 12.1. The Morgan fingerprint density at radius 1 is 1.62 bits per heavy atom. The van der Waals surface area contributed by atoms with Gasteiger partial charge in [0.25, 0.3) is 0 Å². The number of unbranched alkanes of at least 4 members (excludes halogenated alkanes) is 1.